The van der Waals surface area contributed by atoms with Gasteiger partial charge in [-0.2, -0.15) is 13.2 Å². The van der Waals surface area contributed by atoms with E-state index in [1.807, 2.05) is 13.0 Å². The minimum atomic E-state index is -4.46. The summed E-state index contributed by atoms with van der Waals surface area (Å²) in [4.78, 5) is 12.8. The Balaban J connectivity index is 2.09. The van der Waals surface area contributed by atoms with Crippen LogP contribution in [0.5, 0.6) is 0 Å². The molecule has 0 fully saturated rings. The van der Waals surface area contributed by atoms with Crippen LogP contribution in [-0.4, -0.2) is 20.7 Å². The normalized spacial score (nSPS) is 12.0. The molecule has 0 unspecified atom stereocenters. The lowest BCUT2D eigenvalue weighted by atomic mass is 10.2. The Hall–Kier alpha value is -2.09. The maximum Gasteiger partial charge on any atom is 0.417 e. The summed E-state index contributed by atoms with van der Waals surface area (Å²) in [6.45, 7) is 1.99. The molecule has 0 spiro atoms. The van der Waals surface area contributed by atoms with Crippen molar-refractivity contribution in [3.63, 3.8) is 0 Å². The number of nitrogens with zero attached hydrogens (tertiary/aromatic N) is 3. The van der Waals surface area contributed by atoms with E-state index >= 15 is 0 Å². The summed E-state index contributed by atoms with van der Waals surface area (Å²) < 4.78 is 43.5. The first kappa shape index (κ1) is 14.8. The first-order valence-corrected chi connectivity index (χ1v) is 7.39. The second kappa shape index (κ2) is 5.60. The molecule has 0 amide bonds. The van der Waals surface area contributed by atoms with Crippen molar-refractivity contribution >= 4 is 23.0 Å². The molecule has 22 heavy (non-hydrogen) atoms. The molecule has 0 bridgehead atoms. The van der Waals surface area contributed by atoms with Crippen LogP contribution in [-0.2, 0) is 6.18 Å². The number of thioether (sulfide) groups is 1. The smallest absolute Gasteiger partial charge is 0.416 e. The molecule has 0 saturated carbocycles. The number of oxazole rings is 1. The highest BCUT2D eigenvalue weighted by molar-refractivity contribution is 7.99. The number of halogens is 3. The molecule has 0 saturated heterocycles. The van der Waals surface area contributed by atoms with E-state index in [0.717, 1.165) is 22.9 Å². The molecule has 4 nitrogen and oxygen atoms in total. The summed E-state index contributed by atoms with van der Waals surface area (Å²) in [5.41, 5.74) is -0.242. The van der Waals surface area contributed by atoms with Crippen molar-refractivity contribution in [2.45, 2.75) is 18.0 Å². The predicted molar refractivity (Wildman–Crippen MR) is 76.4 cm³/mol. The third-order valence-electron chi connectivity index (χ3n) is 2.85. The van der Waals surface area contributed by atoms with Crippen LogP contribution in [0.3, 0.4) is 0 Å². The van der Waals surface area contributed by atoms with Gasteiger partial charge in [-0.25, -0.2) is 15.0 Å². The van der Waals surface area contributed by atoms with Gasteiger partial charge in [0.1, 0.15) is 11.2 Å². The van der Waals surface area contributed by atoms with Gasteiger partial charge in [-0.15, -0.1) is 11.8 Å². The highest BCUT2D eigenvalue weighted by Gasteiger charge is 2.31. The van der Waals surface area contributed by atoms with E-state index < -0.39 is 11.7 Å². The summed E-state index contributed by atoms with van der Waals surface area (Å²) in [6.07, 6.45) is -2.15. The largest absolute Gasteiger partial charge is 0.417 e. The van der Waals surface area contributed by atoms with E-state index in [4.69, 9.17) is 4.42 Å². The number of aromatic nitrogens is 3. The summed E-state index contributed by atoms with van der Waals surface area (Å²) >= 11 is 1.55. The number of hydrogen-bond acceptors (Lipinski definition) is 5. The third-order valence-corrected chi connectivity index (χ3v) is 3.78. The Labute approximate surface area is 127 Å². The number of alkyl halides is 3. The van der Waals surface area contributed by atoms with Gasteiger partial charge < -0.3 is 4.42 Å². The Morgan fingerprint density at radius 1 is 1.27 bits per heavy atom. The van der Waals surface area contributed by atoms with Crippen LogP contribution in [0.15, 0.2) is 39.9 Å². The lowest BCUT2D eigenvalue weighted by Crippen LogP contribution is -2.04. The standard InChI is InChI=1S/C14H10F3N3OS/c1-2-22-10-4-3-5-18-11(10)13-20-9-6-8(14(15,16)17)7-19-12(9)21-13/h3-7H,2H2,1H3. The van der Waals surface area contributed by atoms with Crippen LogP contribution >= 0.6 is 11.8 Å². The van der Waals surface area contributed by atoms with Gasteiger partial charge >= 0.3 is 6.18 Å². The van der Waals surface area contributed by atoms with Crippen molar-refractivity contribution in [1.29, 1.82) is 0 Å². The molecule has 114 valence electrons. The zero-order valence-electron chi connectivity index (χ0n) is 11.4. The molecule has 0 atom stereocenters. The Bertz CT molecular complexity index is 816. The molecule has 0 aliphatic carbocycles. The number of rotatable bonds is 3. The molecule has 0 N–H and O–H groups in total. The van der Waals surface area contributed by atoms with E-state index in [1.54, 1.807) is 24.0 Å². The Morgan fingerprint density at radius 3 is 2.82 bits per heavy atom. The fraction of sp³-hybridized carbons (Fsp3) is 0.214. The summed E-state index contributed by atoms with van der Waals surface area (Å²) in [6, 6.07) is 4.56. The lowest BCUT2D eigenvalue weighted by Gasteiger charge is -2.03. The average Bonchev–Trinajstić information content (AvgIpc) is 2.90. The minimum Gasteiger partial charge on any atom is -0.416 e. The fourth-order valence-electron chi connectivity index (χ4n) is 1.90. The Kier molecular flexibility index (Phi) is 3.78. The third kappa shape index (κ3) is 2.78. The van der Waals surface area contributed by atoms with Crippen molar-refractivity contribution in [3.8, 4) is 11.6 Å². The van der Waals surface area contributed by atoms with E-state index in [-0.39, 0.29) is 17.1 Å². The van der Waals surface area contributed by atoms with Gasteiger partial charge in [-0.05, 0) is 24.0 Å². The van der Waals surface area contributed by atoms with Crippen molar-refractivity contribution in [1.82, 2.24) is 15.0 Å². The zero-order chi connectivity index (χ0) is 15.7. The van der Waals surface area contributed by atoms with Crippen LogP contribution in [0.25, 0.3) is 22.8 Å². The van der Waals surface area contributed by atoms with Gasteiger partial charge in [0.2, 0.25) is 11.6 Å². The Morgan fingerprint density at radius 2 is 2.09 bits per heavy atom. The maximum absolute atomic E-state index is 12.7. The average molecular weight is 325 g/mol. The number of pyridine rings is 2. The second-order valence-electron chi connectivity index (χ2n) is 4.35. The van der Waals surface area contributed by atoms with Crippen LogP contribution in [0.4, 0.5) is 13.2 Å². The highest BCUT2D eigenvalue weighted by atomic mass is 32.2. The van der Waals surface area contributed by atoms with Crippen molar-refractivity contribution < 1.29 is 17.6 Å². The van der Waals surface area contributed by atoms with Crippen LogP contribution in [0, 0.1) is 0 Å². The second-order valence-corrected chi connectivity index (χ2v) is 5.65. The fourth-order valence-corrected chi connectivity index (χ4v) is 2.67. The highest BCUT2D eigenvalue weighted by Crippen LogP contribution is 2.33. The lowest BCUT2D eigenvalue weighted by molar-refractivity contribution is -0.137. The SMILES string of the molecule is CCSc1cccnc1-c1nc2cc(C(F)(F)F)cnc2o1. The number of fused-ring (bicyclic) bond motifs is 1. The van der Waals surface area contributed by atoms with Gasteiger partial charge in [-0.3, -0.25) is 0 Å². The molecule has 3 heterocycles. The topological polar surface area (TPSA) is 51.8 Å². The van der Waals surface area contributed by atoms with Crippen molar-refractivity contribution in [2.24, 2.45) is 0 Å². The van der Waals surface area contributed by atoms with E-state index in [2.05, 4.69) is 15.0 Å². The van der Waals surface area contributed by atoms with Gasteiger partial charge in [0.15, 0.2) is 0 Å². The van der Waals surface area contributed by atoms with Gasteiger partial charge in [0, 0.05) is 17.3 Å². The van der Waals surface area contributed by atoms with E-state index in [0.29, 0.717) is 5.69 Å². The molecule has 0 radical (unpaired) electrons. The molecule has 3 aromatic rings. The minimum absolute atomic E-state index is 0.0566. The van der Waals surface area contributed by atoms with E-state index in [1.165, 1.54) is 0 Å². The first-order valence-electron chi connectivity index (χ1n) is 6.41. The molecule has 3 rings (SSSR count). The van der Waals surface area contributed by atoms with E-state index in [9.17, 15) is 13.2 Å². The summed E-state index contributed by atoms with van der Waals surface area (Å²) in [5.74, 6) is 0.994. The van der Waals surface area contributed by atoms with Gasteiger partial charge in [0.25, 0.3) is 0 Å². The molecule has 0 aliphatic heterocycles. The molecule has 0 aromatic carbocycles. The van der Waals surface area contributed by atoms with Crippen molar-refractivity contribution in [3.05, 3.63) is 36.2 Å². The van der Waals surface area contributed by atoms with Crippen molar-refractivity contribution in [2.75, 3.05) is 5.75 Å². The zero-order valence-corrected chi connectivity index (χ0v) is 12.2. The van der Waals surface area contributed by atoms with Crippen LogP contribution in [0.2, 0.25) is 0 Å². The van der Waals surface area contributed by atoms with Crippen LogP contribution < -0.4 is 0 Å². The number of hydrogen-bond donors (Lipinski definition) is 0. The quantitative estimate of drug-likeness (QED) is 0.667. The monoisotopic (exact) mass is 325 g/mol. The molecular formula is C14H10F3N3OS. The molecular weight excluding hydrogens is 315 g/mol. The van der Waals surface area contributed by atoms with Gasteiger partial charge in [0.05, 0.1) is 5.56 Å². The summed E-state index contributed by atoms with van der Waals surface area (Å²) in [7, 11) is 0. The molecule has 0 aliphatic rings. The van der Waals surface area contributed by atoms with Gasteiger partial charge in [-0.1, -0.05) is 6.92 Å². The molecule has 8 heteroatoms. The summed E-state index contributed by atoms with van der Waals surface area (Å²) in [5, 5.41) is 0. The van der Waals surface area contributed by atoms with Crippen LogP contribution in [0.1, 0.15) is 12.5 Å². The predicted octanol–water partition coefficient (Wildman–Crippen LogP) is 4.42. The molecule has 3 aromatic heterocycles. The maximum atomic E-state index is 12.7. The first-order chi connectivity index (χ1) is 10.5.